The third kappa shape index (κ3) is 3.82. The van der Waals surface area contributed by atoms with Gasteiger partial charge in [-0.15, -0.1) is 6.58 Å². The van der Waals surface area contributed by atoms with E-state index in [4.69, 9.17) is 21.7 Å². The van der Waals surface area contributed by atoms with Crippen molar-refractivity contribution >= 4 is 29.0 Å². The maximum Gasteiger partial charge on any atom is 0.262 e. The lowest BCUT2D eigenvalue weighted by Gasteiger charge is -2.27. The molecule has 4 rings (SSSR count). The van der Waals surface area contributed by atoms with E-state index in [1.54, 1.807) is 38.5 Å². The first-order valence-electron chi connectivity index (χ1n) is 10.4. The van der Waals surface area contributed by atoms with Crippen molar-refractivity contribution < 1.29 is 14.3 Å². The van der Waals surface area contributed by atoms with E-state index in [0.717, 1.165) is 18.4 Å². The average Bonchev–Trinajstić information content (AvgIpc) is 3.30. The first-order chi connectivity index (χ1) is 15.5. The number of carbonyl (C=O) groups is 1. The Morgan fingerprint density at radius 1 is 1.25 bits per heavy atom. The number of likely N-dealkylation sites (tertiary alicyclic amines) is 1. The maximum atomic E-state index is 13.5. The van der Waals surface area contributed by atoms with Crippen LogP contribution in [-0.2, 0) is 6.54 Å². The Balaban J connectivity index is 1.71. The van der Waals surface area contributed by atoms with Crippen LogP contribution >= 0.6 is 12.2 Å². The van der Waals surface area contributed by atoms with Crippen molar-refractivity contribution in [2.24, 2.45) is 0 Å². The summed E-state index contributed by atoms with van der Waals surface area (Å²) in [7, 11) is 3.22. The Bertz CT molecular complexity index is 1310. The smallest absolute Gasteiger partial charge is 0.262 e. The van der Waals surface area contributed by atoms with Gasteiger partial charge in [0.1, 0.15) is 11.5 Å². The molecule has 1 aliphatic rings. The Morgan fingerprint density at radius 3 is 2.78 bits per heavy atom. The number of allylic oxidation sites excluding steroid dienone is 1. The molecule has 32 heavy (non-hydrogen) atoms. The Labute approximate surface area is 190 Å². The van der Waals surface area contributed by atoms with Crippen LogP contribution in [0.5, 0.6) is 11.5 Å². The van der Waals surface area contributed by atoms with Crippen LogP contribution in [0.1, 0.15) is 34.8 Å². The zero-order valence-corrected chi connectivity index (χ0v) is 18.9. The molecule has 1 aliphatic heterocycles. The number of benzene rings is 2. The predicted molar refractivity (Wildman–Crippen MR) is 126 cm³/mol. The predicted octanol–water partition coefficient (Wildman–Crippen LogP) is 4.24. The number of amides is 1. The number of hydrogen-bond acceptors (Lipinski definition) is 5. The third-order valence-corrected chi connectivity index (χ3v) is 6.18. The van der Waals surface area contributed by atoms with E-state index in [2.05, 4.69) is 11.6 Å². The largest absolute Gasteiger partial charge is 0.497 e. The quantitative estimate of drug-likeness (QED) is 0.448. The van der Waals surface area contributed by atoms with Crippen LogP contribution in [0.3, 0.4) is 0 Å². The molecule has 1 fully saturated rings. The van der Waals surface area contributed by atoms with Gasteiger partial charge in [-0.05, 0) is 55.4 Å². The molecule has 3 aromatic rings. The number of methoxy groups -OCH3 is 2. The van der Waals surface area contributed by atoms with Crippen molar-refractivity contribution in [1.29, 1.82) is 0 Å². The second-order valence-electron chi connectivity index (χ2n) is 7.66. The highest BCUT2D eigenvalue weighted by atomic mass is 32.1. The Kier molecular flexibility index (Phi) is 6.14. The molecule has 166 valence electrons. The summed E-state index contributed by atoms with van der Waals surface area (Å²) in [6.45, 7) is 4.64. The van der Waals surface area contributed by atoms with Gasteiger partial charge in [-0.25, -0.2) is 0 Å². The van der Waals surface area contributed by atoms with Crippen molar-refractivity contribution in [3.05, 3.63) is 75.3 Å². The first kappa shape index (κ1) is 21.8. The number of aromatic nitrogens is 2. The minimum atomic E-state index is -0.204. The molecule has 2 aromatic carbocycles. The number of aromatic amines is 1. The van der Waals surface area contributed by atoms with Crippen LogP contribution < -0.4 is 15.0 Å². The Hall–Kier alpha value is -3.39. The van der Waals surface area contributed by atoms with E-state index < -0.39 is 0 Å². The summed E-state index contributed by atoms with van der Waals surface area (Å²) in [5, 5.41) is 0.479. The summed E-state index contributed by atoms with van der Waals surface area (Å²) in [5.41, 5.74) is 1.80. The number of carbonyl (C=O) groups excluding carboxylic acids is 1. The summed E-state index contributed by atoms with van der Waals surface area (Å²) in [6, 6.07) is 10.6. The van der Waals surface area contributed by atoms with Gasteiger partial charge in [0.05, 0.1) is 31.2 Å². The molecule has 0 radical (unpaired) electrons. The van der Waals surface area contributed by atoms with Gasteiger partial charge in [-0.1, -0.05) is 6.08 Å². The molecule has 2 heterocycles. The minimum absolute atomic E-state index is 0.0955. The van der Waals surface area contributed by atoms with Crippen LogP contribution in [0.2, 0.25) is 0 Å². The monoisotopic (exact) mass is 451 g/mol. The number of ether oxygens (including phenoxy) is 2. The number of hydrogen-bond donors (Lipinski definition) is 1. The van der Waals surface area contributed by atoms with Gasteiger partial charge < -0.3 is 19.4 Å². The number of rotatable bonds is 6. The number of H-pyrrole nitrogens is 1. The first-order valence-corrected chi connectivity index (χ1v) is 10.8. The molecule has 8 heteroatoms. The lowest BCUT2D eigenvalue weighted by atomic mass is 10.0. The van der Waals surface area contributed by atoms with Crippen LogP contribution in [0.15, 0.2) is 53.8 Å². The SMILES string of the molecule is C=CCn1c(=S)[nH]c2cc(C(=O)N3CCCC3c3ccc(OC)cc3OC)ccc2c1=O. The molecule has 1 N–H and O–H groups in total. The summed E-state index contributed by atoms with van der Waals surface area (Å²) >= 11 is 5.32. The maximum absolute atomic E-state index is 13.5. The fraction of sp³-hybridized carbons (Fsp3) is 0.292. The zero-order chi connectivity index (χ0) is 22.8. The Morgan fingerprint density at radius 2 is 2.06 bits per heavy atom. The summed E-state index contributed by atoms with van der Waals surface area (Å²) in [4.78, 5) is 31.1. The molecule has 0 bridgehead atoms. The van der Waals surface area contributed by atoms with Crippen LogP contribution in [0, 0.1) is 4.77 Å². The molecule has 7 nitrogen and oxygen atoms in total. The summed E-state index contributed by atoms with van der Waals surface area (Å²) < 4.78 is 12.6. The molecular weight excluding hydrogens is 426 g/mol. The van der Waals surface area contributed by atoms with Crippen LogP contribution in [0.4, 0.5) is 0 Å². The average molecular weight is 452 g/mol. The number of nitrogens with one attached hydrogen (secondary N) is 1. The normalized spacial score (nSPS) is 15.7. The van der Waals surface area contributed by atoms with Crippen molar-refractivity contribution in [3.8, 4) is 11.5 Å². The highest BCUT2D eigenvalue weighted by molar-refractivity contribution is 7.71. The van der Waals surface area contributed by atoms with Gasteiger partial charge in [0.25, 0.3) is 11.5 Å². The van der Waals surface area contributed by atoms with Crippen LogP contribution in [0.25, 0.3) is 10.9 Å². The third-order valence-electron chi connectivity index (χ3n) is 5.85. The van der Waals surface area contributed by atoms with E-state index in [0.29, 0.717) is 45.8 Å². The standard InChI is InChI=1S/C24H25N3O4S/c1-4-11-27-23(29)17-9-7-15(13-19(17)25-24(27)32)22(28)26-12-5-6-20(26)18-10-8-16(30-2)14-21(18)31-3/h4,7-10,13-14,20H,1,5-6,11-12H2,2-3H3,(H,25,32). The van der Waals surface area contributed by atoms with Crippen LogP contribution in [-0.4, -0.2) is 41.1 Å². The highest BCUT2D eigenvalue weighted by Gasteiger charge is 2.32. The van der Waals surface area contributed by atoms with Gasteiger partial charge in [-0.3, -0.25) is 14.2 Å². The van der Waals surface area contributed by atoms with E-state index in [9.17, 15) is 9.59 Å². The van der Waals surface area contributed by atoms with Crippen molar-refractivity contribution in [2.45, 2.75) is 25.4 Å². The molecule has 0 spiro atoms. The molecule has 1 amide bonds. The molecule has 1 atom stereocenters. The fourth-order valence-corrected chi connectivity index (χ4v) is 4.54. The van der Waals surface area contributed by atoms with Crippen molar-refractivity contribution in [3.63, 3.8) is 0 Å². The highest BCUT2D eigenvalue weighted by Crippen LogP contribution is 2.39. The van der Waals surface area contributed by atoms with E-state index in [-0.39, 0.29) is 17.5 Å². The van der Waals surface area contributed by atoms with Crippen molar-refractivity contribution in [2.75, 3.05) is 20.8 Å². The minimum Gasteiger partial charge on any atom is -0.497 e. The molecule has 0 saturated carbocycles. The topological polar surface area (TPSA) is 76.6 Å². The van der Waals surface area contributed by atoms with Gasteiger partial charge in [0.2, 0.25) is 0 Å². The second-order valence-corrected chi connectivity index (χ2v) is 8.05. The number of nitrogens with zero attached hydrogens (tertiary/aromatic N) is 2. The second kappa shape index (κ2) is 9.00. The van der Waals surface area contributed by atoms with E-state index in [1.165, 1.54) is 4.57 Å². The van der Waals surface area contributed by atoms with Gasteiger partial charge >= 0.3 is 0 Å². The molecule has 1 unspecified atom stereocenters. The lowest BCUT2D eigenvalue weighted by molar-refractivity contribution is 0.0734. The summed E-state index contributed by atoms with van der Waals surface area (Å²) in [6.07, 6.45) is 3.36. The summed E-state index contributed by atoms with van der Waals surface area (Å²) in [5.74, 6) is 1.30. The number of fused-ring (bicyclic) bond motifs is 1. The van der Waals surface area contributed by atoms with Crippen molar-refractivity contribution in [1.82, 2.24) is 14.5 Å². The molecule has 1 saturated heterocycles. The molecular formula is C24H25N3O4S. The zero-order valence-electron chi connectivity index (χ0n) is 18.1. The van der Waals surface area contributed by atoms with Gasteiger partial charge in [0.15, 0.2) is 4.77 Å². The lowest BCUT2D eigenvalue weighted by Crippen LogP contribution is -2.31. The van der Waals surface area contributed by atoms with Gasteiger partial charge in [0, 0.05) is 30.3 Å². The molecule has 1 aromatic heterocycles. The molecule has 0 aliphatic carbocycles. The van der Waals surface area contributed by atoms with E-state index in [1.807, 2.05) is 23.1 Å². The fourth-order valence-electron chi connectivity index (χ4n) is 4.28. The van der Waals surface area contributed by atoms with Gasteiger partial charge in [-0.2, -0.15) is 0 Å². The van der Waals surface area contributed by atoms with E-state index >= 15 is 0 Å².